The Morgan fingerprint density at radius 3 is 2.61 bits per heavy atom. The van der Waals surface area contributed by atoms with Gasteiger partial charge in [-0.05, 0) is 48.4 Å². The quantitative estimate of drug-likeness (QED) is 0.347. The van der Waals surface area contributed by atoms with Crippen molar-refractivity contribution >= 4 is 17.2 Å². The van der Waals surface area contributed by atoms with Gasteiger partial charge in [0.2, 0.25) is 0 Å². The summed E-state index contributed by atoms with van der Waals surface area (Å²) in [6.07, 6.45) is 5.72. The van der Waals surface area contributed by atoms with E-state index in [-0.39, 0.29) is 0 Å². The Morgan fingerprint density at radius 2 is 1.88 bits per heavy atom. The lowest BCUT2D eigenvalue weighted by Crippen LogP contribution is -1.98. The second kappa shape index (κ2) is 8.29. The highest BCUT2D eigenvalue weighted by molar-refractivity contribution is 6.30. The van der Waals surface area contributed by atoms with Gasteiger partial charge in [-0.3, -0.25) is 0 Å². The van der Waals surface area contributed by atoms with Crippen molar-refractivity contribution < 1.29 is 13.5 Å². The van der Waals surface area contributed by atoms with Gasteiger partial charge < -0.3 is 9.30 Å². The van der Waals surface area contributed by atoms with Crippen LogP contribution in [0.3, 0.4) is 0 Å². The number of aryl methyl sites for hydroxylation is 1. The van der Waals surface area contributed by atoms with Crippen LogP contribution >= 0.6 is 11.6 Å². The average Bonchev–Trinajstić information content (AvgIpc) is 3.40. The fourth-order valence-electron chi connectivity index (χ4n) is 3.73. The number of halogens is 3. The molecule has 0 fully saturated rings. The molecule has 3 aromatic heterocycles. The first-order valence-electron chi connectivity index (χ1n) is 10.1. The van der Waals surface area contributed by atoms with Crippen LogP contribution in [0.1, 0.15) is 17.1 Å². The zero-order valence-electron chi connectivity index (χ0n) is 17.8. The predicted molar refractivity (Wildman–Crippen MR) is 121 cm³/mol. The van der Waals surface area contributed by atoms with Crippen molar-refractivity contribution in [2.24, 2.45) is 0 Å². The summed E-state index contributed by atoms with van der Waals surface area (Å²) >= 11 is 6.25. The van der Waals surface area contributed by atoms with Gasteiger partial charge >= 0.3 is 0 Å². The number of aromatic nitrogens is 5. The number of imidazole rings is 1. The molecule has 0 radical (unpaired) electrons. The summed E-state index contributed by atoms with van der Waals surface area (Å²) in [4.78, 5) is 8.90. The maximum Gasteiger partial charge on any atom is 0.163 e. The highest BCUT2D eigenvalue weighted by atomic mass is 35.5. The van der Waals surface area contributed by atoms with E-state index >= 15 is 0 Å². The number of nitrogens with zero attached hydrogens (tertiary/aromatic N) is 5. The van der Waals surface area contributed by atoms with Crippen LogP contribution in [0.25, 0.3) is 22.5 Å². The maximum absolute atomic E-state index is 13.8. The van der Waals surface area contributed by atoms with Crippen LogP contribution in [0.2, 0.25) is 5.02 Å². The molecule has 33 heavy (non-hydrogen) atoms. The number of hydrogen-bond acceptors (Lipinski definition) is 4. The van der Waals surface area contributed by atoms with Crippen molar-refractivity contribution in [3.05, 3.63) is 94.9 Å². The summed E-state index contributed by atoms with van der Waals surface area (Å²) < 4.78 is 36.3. The fraction of sp³-hybridized carbons (Fsp3) is 0.125. The largest absolute Gasteiger partial charge is 0.495 e. The van der Waals surface area contributed by atoms with Gasteiger partial charge in [0.15, 0.2) is 23.1 Å². The standard InChI is InChI=1S/C24H18ClF2N5O/c1-14-11-31(13-28-14)21-6-3-15(7-22(21)33-2)8-23-29-24-18(10-17(25)12-32(24)30-23)16-4-5-19(26)20(27)9-16/h3-7,9-13H,8H2,1-2H3. The van der Waals surface area contributed by atoms with E-state index in [1.165, 1.54) is 6.07 Å². The summed E-state index contributed by atoms with van der Waals surface area (Å²) in [5.74, 6) is -0.610. The number of hydrogen-bond donors (Lipinski definition) is 0. The van der Waals surface area contributed by atoms with Crippen LogP contribution in [-0.4, -0.2) is 31.3 Å². The van der Waals surface area contributed by atoms with Crippen molar-refractivity contribution in [2.75, 3.05) is 7.11 Å². The number of ether oxygens (including phenoxy) is 1. The third kappa shape index (κ3) is 4.05. The number of pyridine rings is 1. The molecule has 0 amide bonds. The number of methoxy groups -OCH3 is 1. The molecule has 3 heterocycles. The van der Waals surface area contributed by atoms with E-state index in [1.54, 1.807) is 30.2 Å². The minimum atomic E-state index is -0.939. The van der Waals surface area contributed by atoms with Crippen molar-refractivity contribution in [3.8, 4) is 22.6 Å². The van der Waals surface area contributed by atoms with Gasteiger partial charge in [0.25, 0.3) is 0 Å². The molecule has 2 aromatic carbocycles. The van der Waals surface area contributed by atoms with E-state index in [9.17, 15) is 8.78 Å². The lowest BCUT2D eigenvalue weighted by atomic mass is 10.1. The Morgan fingerprint density at radius 1 is 1.03 bits per heavy atom. The molecule has 0 N–H and O–H groups in total. The molecule has 0 unspecified atom stereocenters. The molecule has 0 aliphatic carbocycles. The zero-order valence-corrected chi connectivity index (χ0v) is 18.5. The van der Waals surface area contributed by atoms with Crippen molar-refractivity contribution in [1.29, 1.82) is 0 Å². The minimum absolute atomic E-state index is 0.403. The SMILES string of the molecule is COc1cc(Cc2nc3c(-c4ccc(F)c(F)c4)cc(Cl)cn3n2)ccc1-n1cnc(C)c1. The van der Waals surface area contributed by atoms with Gasteiger partial charge in [-0.15, -0.1) is 0 Å². The highest BCUT2D eigenvalue weighted by Gasteiger charge is 2.15. The van der Waals surface area contributed by atoms with Gasteiger partial charge in [-0.2, -0.15) is 5.10 Å². The van der Waals surface area contributed by atoms with Crippen LogP contribution < -0.4 is 4.74 Å². The third-order valence-corrected chi connectivity index (χ3v) is 5.48. The third-order valence-electron chi connectivity index (χ3n) is 5.27. The van der Waals surface area contributed by atoms with Crippen LogP contribution in [0.5, 0.6) is 5.75 Å². The van der Waals surface area contributed by atoms with E-state index in [2.05, 4.69) is 15.1 Å². The van der Waals surface area contributed by atoms with E-state index in [1.807, 2.05) is 35.9 Å². The van der Waals surface area contributed by atoms with Crippen molar-refractivity contribution in [1.82, 2.24) is 24.1 Å². The first-order valence-corrected chi connectivity index (χ1v) is 10.5. The van der Waals surface area contributed by atoms with Crippen LogP contribution in [0.4, 0.5) is 8.78 Å². The van der Waals surface area contributed by atoms with E-state index < -0.39 is 11.6 Å². The lowest BCUT2D eigenvalue weighted by molar-refractivity contribution is 0.412. The van der Waals surface area contributed by atoms with Crippen LogP contribution in [-0.2, 0) is 6.42 Å². The molecule has 0 saturated carbocycles. The summed E-state index contributed by atoms with van der Waals surface area (Å²) in [6, 6.07) is 11.2. The lowest BCUT2D eigenvalue weighted by Gasteiger charge is -2.10. The van der Waals surface area contributed by atoms with Crippen LogP contribution in [0.15, 0.2) is 61.2 Å². The minimum Gasteiger partial charge on any atom is -0.495 e. The van der Waals surface area contributed by atoms with E-state index in [0.717, 1.165) is 29.1 Å². The Kier molecular flexibility index (Phi) is 5.30. The smallest absolute Gasteiger partial charge is 0.163 e. The molecule has 6 nitrogen and oxygen atoms in total. The van der Waals surface area contributed by atoms with Gasteiger partial charge in [-0.25, -0.2) is 23.3 Å². The Bertz CT molecular complexity index is 1490. The fourth-order valence-corrected chi connectivity index (χ4v) is 3.93. The summed E-state index contributed by atoms with van der Waals surface area (Å²) in [5, 5.41) is 4.93. The Hall–Kier alpha value is -3.78. The molecular weight excluding hydrogens is 448 g/mol. The van der Waals surface area contributed by atoms with E-state index in [4.69, 9.17) is 16.3 Å². The number of rotatable bonds is 5. The predicted octanol–water partition coefficient (Wildman–Crippen LogP) is 5.42. The summed E-state index contributed by atoms with van der Waals surface area (Å²) in [5.41, 5.74) is 4.25. The van der Waals surface area contributed by atoms with Gasteiger partial charge in [-0.1, -0.05) is 23.7 Å². The molecule has 0 aliphatic rings. The topological polar surface area (TPSA) is 57.2 Å². The second-order valence-corrected chi connectivity index (χ2v) is 8.04. The Labute approximate surface area is 193 Å². The number of benzene rings is 2. The molecule has 166 valence electrons. The summed E-state index contributed by atoms with van der Waals surface area (Å²) in [7, 11) is 1.62. The first kappa shape index (κ1) is 21.1. The van der Waals surface area contributed by atoms with Crippen LogP contribution in [0, 0.1) is 18.6 Å². The summed E-state index contributed by atoms with van der Waals surface area (Å²) in [6.45, 7) is 1.92. The second-order valence-electron chi connectivity index (χ2n) is 7.60. The zero-order chi connectivity index (χ0) is 23.1. The Balaban J connectivity index is 1.52. The van der Waals surface area contributed by atoms with Crippen molar-refractivity contribution in [3.63, 3.8) is 0 Å². The first-order chi connectivity index (χ1) is 15.9. The highest BCUT2D eigenvalue weighted by Crippen LogP contribution is 2.29. The molecular formula is C24H18ClF2N5O. The molecule has 0 saturated heterocycles. The van der Waals surface area contributed by atoms with Crippen molar-refractivity contribution in [2.45, 2.75) is 13.3 Å². The monoisotopic (exact) mass is 465 g/mol. The molecule has 0 aliphatic heterocycles. The molecule has 5 rings (SSSR count). The molecule has 0 atom stereocenters. The molecule has 9 heteroatoms. The normalized spacial score (nSPS) is 11.3. The maximum atomic E-state index is 13.8. The molecule has 5 aromatic rings. The van der Waals surface area contributed by atoms with Gasteiger partial charge in [0.1, 0.15) is 5.75 Å². The molecule has 0 spiro atoms. The van der Waals surface area contributed by atoms with Gasteiger partial charge in [0, 0.05) is 24.4 Å². The number of fused-ring (bicyclic) bond motifs is 1. The molecule has 0 bridgehead atoms. The van der Waals surface area contributed by atoms with Gasteiger partial charge in [0.05, 0.1) is 29.8 Å². The van der Waals surface area contributed by atoms with E-state index in [0.29, 0.717) is 39.8 Å². The average molecular weight is 466 g/mol.